The van der Waals surface area contributed by atoms with Gasteiger partial charge in [0.15, 0.2) is 5.65 Å². The molecule has 1 aromatic carbocycles. The van der Waals surface area contributed by atoms with E-state index in [0.29, 0.717) is 43.4 Å². The van der Waals surface area contributed by atoms with Crippen LogP contribution in [0.4, 0.5) is 4.79 Å². The van der Waals surface area contributed by atoms with Crippen LogP contribution in [0.5, 0.6) is 5.75 Å². The van der Waals surface area contributed by atoms with Crippen LogP contribution in [0.1, 0.15) is 39.2 Å². The summed E-state index contributed by atoms with van der Waals surface area (Å²) in [4.78, 5) is 26.8. The number of likely N-dealkylation sites (N-methyl/N-ethyl adjacent to an activating group) is 1. The average Bonchev–Trinajstić information content (AvgIpc) is 3.19. The molecular weight excluding hydrogens is 538 g/mol. The molecular formula is C24H31BrClN5O4. The van der Waals surface area contributed by atoms with E-state index >= 15 is 0 Å². The fraction of sp³-hybridized carbons (Fsp3) is 0.500. The second-order valence-electron chi connectivity index (χ2n) is 9.16. The normalized spacial score (nSPS) is 12.5. The molecule has 35 heavy (non-hydrogen) atoms. The van der Waals surface area contributed by atoms with Gasteiger partial charge in [-0.15, -0.1) is 0 Å². The Morgan fingerprint density at radius 1 is 1.29 bits per heavy atom. The van der Waals surface area contributed by atoms with Gasteiger partial charge in [0.2, 0.25) is 0 Å². The van der Waals surface area contributed by atoms with Crippen molar-refractivity contribution >= 4 is 44.8 Å². The summed E-state index contributed by atoms with van der Waals surface area (Å²) in [5, 5.41) is 0.565. The number of rotatable bonds is 10. The smallest absolute Gasteiger partial charge is 0.410 e. The number of methoxy groups -OCH3 is 1. The van der Waals surface area contributed by atoms with Crippen LogP contribution in [0.3, 0.4) is 0 Å². The predicted octanol–water partition coefficient (Wildman–Crippen LogP) is 5.33. The van der Waals surface area contributed by atoms with E-state index in [4.69, 9.17) is 25.8 Å². The first kappa shape index (κ1) is 27.2. The van der Waals surface area contributed by atoms with Crippen LogP contribution >= 0.6 is 27.5 Å². The van der Waals surface area contributed by atoms with Gasteiger partial charge in [-0.3, -0.25) is 0 Å². The van der Waals surface area contributed by atoms with Crippen LogP contribution < -0.4 is 4.74 Å². The lowest BCUT2D eigenvalue weighted by atomic mass is 10.1. The van der Waals surface area contributed by atoms with Crippen molar-refractivity contribution in [1.82, 2.24) is 24.4 Å². The third-order valence-electron chi connectivity index (χ3n) is 5.26. The highest BCUT2D eigenvalue weighted by atomic mass is 79.9. The topological polar surface area (TPSA) is 91.6 Å². The van der Waals surface area contributed by atoms with Gasteiger partial charge in [0.1, 0.15) is 23.2 Å². The first-order valence-corrected chi connectivity index (χ1v) is 12.4. The summed E-state index contributed by atoms with van der Waals surface area (Å²) in [6.07, 6.45) is 5.91. The van der Waals surface area contributed by atoms with Gasteiger partial charge in [-0.1, -0.05) is 27.5 Å². The van der Waals surface area contributed by atoms with E-state index in [-0.39, 0.29) is 12.1 Å². The molecule has 0 aliphatic heterocycles. The van der Waals surface area contributed by atoms with Crippen molar-refractivity contribution in [2.24, 2.45) is 0 Å². The van der Waals surface area contributed by atoms with Crippen molar-refractivity contribution < 1.29 is 19.0 Å². The number of imidazole rings is 1. The summed E-state index contributed by atoms with van der Waals surface area (Å²) in [6.45, 7) is 6.87. The first-order valence-electron chi connectivity index (χ1n) is 11.3. The summed E-state index contributed by atoms with van der Waals surface area (Å²) in [5.41, 5.74) is 1.82. The molecule has 1 atom stereocenters. The van der Waals surface area contributed by atoms with Gasteiger partial charge in [-0.2, -0.15) is 0 Å². The molecule has 0 fully saturated rings. The quantitative estimate of drug-likeness (QED) is 0.305. The highest BCUT2D eigenvalue weighted by Crippen LogP contribution is 2.33. The van der Waals surface area contributed by atoms with Gasteiger partial charge in [0, 0.05) is 29.2 Å². The molecule has 2 aromatic heterocycles. The molecule has 0 aliphatic rings. The molecule has 3 rings (SSSR count). The first-order chi connectivity index (χ1) is 16.6. The Morgan fingerprint density at radius 2 is 2.06 bits per heavy atom. The zero-order valence-electron chi connectivity index (χ0n) is 20.6. The molecule has 190 valence electrons. The lowest BCUT2D eigenvalue weighted by Crippen LogP contribution is -2.43. The summed E-state index contributed by atoms with van der Waals surface area (Å²) < 4.78 is 19.7. The number of halogens is 2. The SMILES string of the molecule is COC[C@@H](CCCOc1cc(Cl)cc(Br)c1Cn1cnc2cncnc21)N(C)C(=O)OC(C)(C)C. The zero-order valence-corrected chi connectivity index (χ0v) is 23.0. The Labute approximate surface area is 218 Å². The van der Waals surface area contributed by atoms with E-state index in [1.807, 2.05) is 31.4 Å². The molecule has 0 bridgehead atoms. The van der Waals surface area contributed by atoms with Crippen LogP contribution in [0, 0.1) is 0 Å². The minimum absolute atomic E-state index is 0.138. The fourth-order valence-corrected chi connectivity index (χ4v) is 4.44. The van der Waals surface area contributed by atoms with Crippen molar-refractivity contribution in [3.63, 3.8) is 0 Å². The number of amides is 1. The number of benzene rings is 1. The molecule has 0 radical (unpaired) electrons. The Bertz CT molecular complexity index is 1150. The number of fused-ring (bicyclic) bond motifs is 1. The number of hydrogen-bond acceptors (Lipinski definition) is 7. The number of ether oxygens (including phenoxy) is 3. The van der Waals surface area contributed by atoms with Crippen LogP contribution in [0.15, 0.2) is 35.5 Å². The molecule has 0 spiro atoms. The third-order valence-corrected chi connectivity index (χ3v) is 6.18. The number of carbonyl (C=O) groups excluding carboxylic acids is 1. The maximum Gasteiger partial charge on any atom is 0.410 e. The second-order valence-corrected chi connectivity index (χ2v) is 10.5. The van der Waals surface area contributed by atoms with Gasteiger partial charge >= 0.3 is 6.09 Å². The van der Waals surface area contributed by atoms with Crippen molar-refractivity contribution in [1.29, 1.82) is 0 Å². The predicted molar refractivity (Wildman–Crippen MR) is 138 cm³/mol. The van der Waals surface area contributed by atoms with E-state index in [9.17, 15) is 4.79 Å². The summed E-state index contributed by atoms with van der Waals surface area (Å²) >= 11 is 9.92. The highest BCUT2D eigenvalue weighted by Gasteiger charge is 2.25. The molecule has 11 heteroatoms. The Balaban J connectivity index is 1.66. The van der Waals surface area contributed by atoms with Gasteiger partial charge in [0.05, 0.1) is 38.3 Å². The van der Waals surface area contributed by atoms with Crippen molar-refractivity contribution in [3.05, 3.63) is 46.0 Å². The molecule has 0 N–H and O–H groups in total. The molecule has 0 unspecified atom stereocenters. The number of aromatic nitrogens is 4. The molecule has 1 amide bonds. The number of carbonyl (C=O) groups is 1. The molecule has 2 heterocycles. The Kier molecular flexibility index (Phi) is 9.32. The molecule has 0 saturated carbocycles. The molecule has 3 aromatic rings. The lowest BCUT2D eigenvalue weighted by molar-refractivity contribution is 0.0111. The fourth-order valence-electron chi connectivity index (χ4n) is 3.53. The van der Waals surface area contributed by atoms with E-state index < -0.39 is 5.60 Å². The number of hydrogen-bond donors (Lipinski definition) is 0. The minimum atomic E-state index is -0.560. The van der Waals surface area contributed by atoms with Crippen molar-refractivity contribution in [3.8, 4) is 5.75 Å². The zero-order chi connectivity index (χ0) is 25.6. The van der Waals surface area contributed by atoms with Crippen LogP contribution in [-0.4, -0.2) is 69.5 Å². The van der Waals surface area contributed by atoms with Gasteiger partial charge in [-0.25, -0.2) is 19.7 Å². The van der Waals surface area contributed by atoms with E-state index in [2.05, 4.69) is 30.9 Å². The van der Waals surface area contributed by atoms with E-state index in [0.717, 1.165) is 21.2 Å². The van der Waals surface area contributed by atoms with E-state index in [1.165, 1.54) is 6.33 Å². The van der Waals surface area contributed by atoms with Crippen molar-refractivity contribution in [2.45, 2.75) is 51.8 Å². The van der Waals surface area contributed by atoms with Gasteiger partial charge in [0.25, 0.3) is 0 Å². The standard InChI is InChI=1S/C24H31BrClN5O4/c1-24(2,3)35-23(32)30(4)17(13-33-5)7-6-8-34-21-10-16(26)9-19(25)18(21)12-31-15-29-20-11-27-14-28-22(20)31/h9-11,14-15,17H,6-8,12-13H2,1-5H3/t17-/m1/s1. The molecule has 0 aliphatic carbocycles. The van der Waals surface area contributed by atoms with Gasteiger partial charge in [-0.05, 0) is 45.7 Å². The summed E-state index contributed by atoms with van der Waals surface area (Å²) in [6, 6.07) is 3.50. The van der Waals surface area contributed by atoms with Crippen LogP contribution in [0.25, 0.3) is 11.2 Å². The molecule has 0 saturated heterocycles. The summed E-state index contributed by atoms with van der Waals surface area (Å²) in [5.74, 6) is 0.670. The second kappa shape index (κ2) is 12.0. The van der Waals surface area contributed by atoms with Gasteiger partial charge < -0.3 is 23.7 Å². The van der Waals surface area contributed by atoms with Crippen LogP contribution in [0.2, 0.25) is 5.02 Å². The Hall–Kier alpha value is -2.43. The third kappa shape index (κ3) is 7.52. The Morgan fingerprint density at radius 3 is 2.77 bits per heavy atom. The highest BCUT2D eigenvalue weighted by molar-refractivity contribution is 9.10. The average molecular weight is 569 g/mol. The largest absolute Gasteiger partial charge is 0.493 e. The summed E-state index contributed by atoms with van der Waals surface area (Å²) in [7, 11) is 3.34. The van der Waals surface area contributed by atoms with Crippen LogP contribution in [-0.2, 0) is 16.0 Å². The van der Waals surface area contributed by atoms with Crippen molar-refractivity contribution in [2.75, 3.05) is 27.4 Å². The minimum Gasteiger partial charge on any atom is -0.493 e. The maximum absolute atomic E-state index is 12.5. The molecule has 9 nitrogen and oxygen atoms in total. The van der Waals surface area contributed by atoms with E-state index in [1.54, 1.807) is 37.6 Å². The maximum atomic E-state index is 12.5. The number of nitrogens with zero attached hydrogens (tertiary/aromatic N) is 5. The monoisotopic (exact) mass is 567 g/mol. The lowest BCUT2D eigenvalue weighted by Gasteiger charge is -2.30.